The van der Waals surface area contributed by atoms with Gasteiger partial charge in [-0.1, -0.05) is 24.3 Å². The molecule has 0 radical (unpaired) electrons. The van der Waals surface area contributed by atoms with Gasteiger partial charge in [-0.25, -0.2) is 0 Å². The molecule has 1 N–H and O–H groups in total. The zero-order valence-electron chi connectivity index (χ0n) is 11.3. The molecular weight excluding hydrogens is 252 g/mol. The second-order valence-electron chi connectivity index (χ2n) is 6.20. The maximum Gasteiger partial charge on any atom is 0.245 e. The molecule has 3 aliphatic rings. The minimum absolute atomic E-state index is 0.00545. The zero-order chi connectivity index (χ0) is 13.7. The molecule has 4 nitrogen and oxygen atoms in total. The van der Waals surface area contributed by atoms with Gasteiger partial charge >= 0.3 is 0 Å². The van der Waals surface area contributed by atoms with Crippen molar-refractivity contribution < 1.29 is 9.59 Å². The number of hydrogen-bond donors (Lipinski definition) is 1. The smallest absolute Gasteiger partial charge is 0.245 e. The van der Waals surface area contributed by atoms with Gasteiger partial charge in [-0.05, 0) is 36.3 Å². The lowest BCUT2D eigenvalue weighted by molar-refractivity contribution is -0.145. The summed E-state index contributed by atoms with van der Waals surface area (Å²) in [5.74, 6) is 0.898. The molecule has 1 saturated heterocycles. The highest BCUT2D eigenvalue weighted by Crippen LogP contribution is 2.37. The highest BCUT2D eigenvalue weighted by Gasteiger charge is 2.43. The summed E-state index contributed by atoms with van der Waals surface area (Å²) in [6, 6.07) is 8.12. The van der Waals surface area contributed by atoms with Crippen molar-refractivity contribution in [2.24, 2.45) is 5.92 Å². The van der Waals surface area contributed by atoms with Crippen LogP contribution in [-0.2, 0) is 16.0 Å². The Morgan fingerprint density at radius 2 is 2.00 bits per heavy atom. The first kappa shape index (κ1) is 11.9. The van der Waals surface area contributed by atoms with Gasteiger partial charge in [0.1, 0.15) is 6.04 Å². The summed E-state index contributed by atoms with van der Waals surface area (Å²) in [5.41, 5.74) is 2.72. The molecule has 2 amide bonds. The first-order valence-corrected chi connectivity index (χ1v) is 7.38. The Bertz CT molecular complexity index is 580. The van der Waals surface area contributed by atoms with Crippen LogP contribution in [0.25, 0.3) is 0 Å². The van der Waals surface area contributed by atoms with Crippen LogP contribution in [-0.4, -0.2) is 35.8 Å². The Balaban J connectivity index is 1.48. The number of fused-ring (bicyclic) bond motifs is 1. The molecule has 2 fully saturated rings. The second kappa shape index (κ2) is 4.33. The van der Waals surface area contributed by atoms with Crippen molar-refractivity contribution in [1.29, 1.82) is 0 Å². The molecule has 4 heteroatoms. The molecule has 2 aliphatic carbocycles. The van der Waals surface area contributed by atoms with E-state index in [0.717, 1.165) is 19.3 Å². The first-order valence-electron chi connectivity index (χ1n) is 7.38. The van der Waals surface area contributed by atoms with Crippen molar-refractivity contribution in [3.63, 3.8) is 0 Å². The Morgan fingerprint density at radius 1 is 1.20 bits per heavy atom. The molecule has 1 saturated carbocycles. The normalized spacial score (nSPS) is 28.7. The standard InChI is InChI=1S/C16H18N2O2/c19-14-9-18(16(20)15(17-14)10-5-6-10)8-12-7-11-3-1-2-4-13(11)12/h1-4,10,12,15H,5-9H2,(H,17,19). The number of nitrogens with zero attached hydrogens (tertiary/aromatic N) is 1. The molecule has 4 rings (SSSR count). The lowest BCUT2D eigenvalue weighted by atomic mass is 9.77. The van der Waals surface area contributed by atoms with E-state index in [1.807, 2.05) is 6.07 Å². The van der Waals surface area contributed by atoms with Crippen molar-refractivity contribution in [1.82, 2.24) is 10.2 Å². The van der Waals surface area contributed by atoms with Gasteiger partial charge in [-0.3, -0.25) is 9.59 Å². The number of carbonyl (C=O) groups excluding carboxylic acids is 2. The fourth-order valence-electron chi connectivity index (χ4n) is 3.42. The minimum Gasteiger partial charge on any atom is -0.342 e. The van der Waals surface area contributed by atoms with Crippen molar-refractivity contribution in [2.75, 3.05) is 13.1 Å². The van der Waals surface area contributed by atoms with Crippen LogP contribution in [0.3, 0.4) is 0 Å². The van der Waals surface area contributed by atoms with Gasteiger partial charge in [-0.2, -0.15) is 0 Å². The zero-order valence-corrected chi connectivity index (χ0v) is 11.3. The van der Waals surface area contributed by atoms with E-state index >= 15 is 0 Å². The SMILES string of the molecule is O=C1CN(CC2Cc3ccccc32)C(=O)C(C2CC2)N1. The van der Waals surface area contributed by atoms with Gasteiger partial charge in [0.2, 0.25) is 11.8 Å². The lowest BCUT2D eigenvalue weighted by Gasteiger charge is -2.38. The highest BCUT2D eigenvalue weighted by atomic mass is 16.2. The number of nitrogens with one attached hydrogen (secondary N) is 1. The summed E-state index contributed by atoms with van der Waals surface area (Å²) in [5, 5.41) is 2.86. The van der Waals surface area contributed by atoms with Crippen molar-refractivity contribution in [2.45, 2.75) is 31.2 Å². The number of piperazine rings is 1. The summed E-state index contributed by atoms with van der Waals surface area (Å²) >= 11 is 0. The summed E-state index contributed by atoms with van der Waals surface area (Å²) in [4.78, 5) is 26.0. The fourth-order valence-corrected chi connectivity index (χ4v) is 3.42. The van der Waals surface area contributed by atoms with Crippen molar-refractivity contribution in [3.05, 3.63) is 35.4 Å². The third-order valence-electron chi connectivity index (χ3n) is 4.72. The number of hydrogen-bond acceptors (Lipinski definition) is 2. The average Bonchev–Trinajstić information content (AvgIpc) is 3.24. The lowest BCUT2D eigenvalue weighted by Crippen LogP contribution is -2.59. The van der Waals surface area contributed by atoms with Crippen LogP contribution in [0.5, 0.6) is 0 Å². The van der Waals surface area contributed by atoms with Gasteiger partial charge < -0.3 is 10.2 Å². The first-order chi connectivity index (χ1) is 9.72. The van der Waals surface area contributed by atoms with Crippen LogP contribution in [0.2, 0.25) is 0 Å². The van der Waals surface area contributed by atoms with E-state index in [1.165, 1.54) is 11.1 Å². The molecule has 1 aliphatic heterocycles. The summed E-state index contributed by atoms with van der Waals surface area (Å²) in [7, 11) is 0. The molecule has 1 aromatic rings. The van der Waals surface area contributed by atoms with E-state index in [2.05, 4.69) is 23.5 Å². The number of amides is 2. The number of carbonyl (C=O) groups is 2. The maximum absolute atomic E-state index is 12.5. The highest BCUT2D eigenvalue weighted by molar-refractivity contribution is 5.95. The van der Waals surface area contributed by atoms with Crippen LogP contribution >= 0.6 is 0 Å². The van der Waals surface area contributed by atoms with E-state index < -0.39 is 0 Å². The van der Waals surface area contributed by atoms with Gasteiger partial charge in [0, 0.05) is 12.5 Å². The van der Waals surface area contributed by atoms with Gasteiger partial charge in [0.15, 0.2) is 0 Å². The number of benzene rings is 1. The molecule has 20 heavy (non-hydrogen) atoms. The quantitative estimate of drug-likeness (QED) is 0.893. The molecule has 1 heterocycles. The molecule has 0 bridgehead atoms. The molecular formula is C16H18N2O2. The molecule has 0 spiro atoms. The maximum atomic E-state index is 12.5. The Hall–Kier alpha value is -1.84. The summed E-state index contributed by atoms with van der Waals surface area (Å²) in [6.07, 6.45) is 3.16. The number of rotatable bonds is 3. The van der Waals surface area contributed by atoms with Crippen LogP contribution in [0.15, 0.2) is 24.3 Å². The average molecular weight is 270 g/mol. The fraction of sp³-hybridized carbons (Fsp3) is 0.500. The van der Waals surface area contributed by atoms with Gasteiger partial charge in [0.25, 0.3) is 0 Å². The van der Waals surface area contributed by atoms with Crippen LogP contribution < -0.4 is 5.32 Å². The van der Waals surface area contributed by atoms with E-state index in [4.69, 9.17) is 0 Å². The topological polar surface area (TPSA) is 49.4 Å². The summed E-state index contributed by atoms with van der Waals surface area (Å²) in [6.45, 7) is 0.910. The van der Waals surface area contributed by atoms with E-state index in [1.54, 1.807) is 4.90 Å². The van der Waals surface area contributed by atoms with Crippen LogP contribution in [0, 0.1) is 5.92 Å². The second-order valence-corrected chi connectivity index (χ2v) is 6.20. The van der Waals surface area contributed by atoms with Crippen molar-refractivity contribution in [3.8, 4) is 0 Å². The largest absolute Gasteiger partial charge is 0.342 e. The van der Waals surface area contributed by atoms with Crippen LogP contribution in [0.4, 0.5) is 0 Å². The van der Waals surface area contributed by atoms with Gasteiger partial charge in [0.05, 0.1) is 6.54 Å². The molecule has 0 aromatic heterocycles. The Labute approximate surface area is 118 Å². The van der Waals surface area contributed by atoms with Crippen LogP contribution in [0.1, 0.15) is 29.9 Å². The molecule has 104 valence electrons. The minimum atomic E-state index is -0.258. The third-order valence-corrected chi connectivity index (χ3v) is 4.72. The third kappa shape index (κ3) is 1.90. The van der Waals surface area contributed by atoms with Crippen molar-refractivity contribution >= 4 is 11.8 Å². The molecule has 1 aromatic carbocycles. The molecule has 2 unspecified atom stereocenters. The predicted octanol–water partition coefficient (Wildman–Crippen LogP) is 1.06. The predicted molar refractivity (Wildman–Crippen MR) is 74.1 cm³/mol. The Kier molecular flexibility index (Phi) is 2.59. The Morgan fingerprint density at radius 3 is 2.75 bits per heavy atom. The molecule has 2 atom stereocenters. The van der Waals surface area contributed by atoms with E-state index in [9.17, 15) is 9.59 Å². The van der Waals surface area contributed by atoms with E-state index in [-0.39, 0.29) is 24.4 Å². The summed E-state index contributed by atoms with van der Waals surface area (Å²) < 4.78 is 0. The van der Waals surface area contributed by atoms with E-state index in [0.29, 0.717) is 18.4 Å². The van der Waals surface area contributed by atoms with Gasteiger partial charge in [-0.15, -0.1) is 0 Å². The monoisotopic (exact) mass is 270 g/mol.